The lowest BCUT2D eigenvalue weighted by molar-refractivity contribution is 0.786. The lowest BCUT2D eigenvalue weighted by Gasteiger charge is -2.02. The van der Waals surface area contributed by atoms with Crippen LogP contribution in [0, 0.1) is 6.92 Å². The molecule has 78 valence electrons. The second kappa shape index (κ2) is 4.32. The highest BCUT2D eigenvalue weighted by molar-refractivity contribution is 9.10. The van der Waals surface area contributed by atoms with Gasteiger partial charge in [0.2, 0.25) is 0 Å². The van der Waals surface area contributed by atoms with Crippen molar-refractivity contribution in [3.05, 3.63) is 28.6 Å². The minimum absolute atomic E-state index is 0.837. The van der Waals surface area contributed by atoms with Gasteiger partial charge in [-0.05, 0) is 46.7 Å². The van der Waals surface area contributed by atoms with Gasteiger partial charge in [-0.2, -0.15) is 0 Å². The fourth-order valence-electron chi connectivity index (χ4n) is 1.04. The van der Waals surface area contributed by atoms with E-state index >= 15 is 0 Å². The second-order valence-corrected chi connectivity index (χ2v) is 4.89. The van der Waals surface area contributed by atoms with Crippen molar-refractivity contribution in [3.8, 4) is 0 Å². The van der Waals surface area contributed by atoms with Crippen LogP contribution >= 0.6 is 27.7 Å². The molecule has 0 N–H and O–H groups in total. The van der Waals surface area contributed by atoms with Crippen molar-refractivity contribution in [1.29, 1.82) is 0 Å². The number of aryl methyl sites for hydroxylation is 2. The highest BCUT2D eigenvalue weighted by atomic mass is 79.9. The first kappa shape index (κ1) is 10.6. The summed E-state index contributed by atoms with van der Waals surface area (Å²) in [5.41, 5.74) is 0.974. The highest BCUT2D eigenvalue weighted by Crippen LogP contribution is 2.25. The van der Waals surface area contributed by atoms with E-state index in [4.69, 9.17) is 0 Å². The third-order valence-corrected chi connectivity index (χ3v) is 3.69. The van der Waals surface area contributed by atoms with Crippen LogP contribution in [0.2, 0.25) is 0 Å². The fourth-order valence-corrected chi connectivity index (χ4v) is 2.04. The first-order chi connectivity index (χ1) is 7.16. The Balaban J connectivity index is 2.25. The number of hydrogen-bond donors (Lipinski definition) is 0. The molecule has 0 amide bonds. The van der Waals surface area contributed by atoms with Crippen LogP contribution < -0.4 is 0 Å². The molecular weight excluding hydrogens is 276 g/mol. The summed E-state index contributed by atoms with van der Waals surface area (Å²) in [7, 11) is 1.91. The Morgan fingerprint density at radius 3 is 2.80 bits per heavy atom. The average Bonchev–Trinajstić information content (AvgIpc) is 2.59. The van der Waals surface area contributed by atoms with Gasteiger partial charge in [0.25, 0.3) is 0 Å². The summed E-state index contributed by atoms with van der Waals surface area (Å²) in [4.78, 5) is 4.42. The minimum atomic E-state index is 0.837. The smallest absolute Gasteiger partial charge is 0.197 e. The molecule has 0 radical (unpaired) electrons. The predicted octanol–water partition coefficient (Wildman–Crippen LogP) is 2.43. The summed E-state index contributed by atoms with van der Waals surface area (Å²) >= 11 is 4.92. The standard InChI is InChI=1S/C9H9BrN4S/c1-6-7(10)3-4-8(12-6)15-9-13-11-5-14(9)2/h3-5H,1-2H3. The van der Waals surface area contributed by atoms with E-state index in [-0.39, 0.29) is 0 Å². The summed E-state index contributed by atoms with van der Waals surface area (Å²) in [6, 6.07) is 3.94. The van der Waals surface area contributed by atoms with Gasteiger partial charge in [-0.25, -0.2) is 4.98 Å². The first-order valence-corrected chi connectivity index (χ1v) is 5.93. The van der Waals surface area contributed by atoms with Gasteiger partial charge in [-0.15, -0.1) is 10.2 Å². The number of nitrogens with zero attached hydrogens (tertiary/aromatic N) is 4. The number of rotatable bonds is 2. The second-order valence-electron chi connectivity index (χ2n) is 3.04. The van der Waals surface area contributed by atoms with E-state index in [2.05, 4.69) is 31.1 Å². The van der Waals surface area contributed by atoms with Gasteiger partial charge in [0, 0.05) is 11.5 Å². The molecule has 0 atom stereocenters. The Labute approximate surface area is 100 Å². The molecule has 0 aromatic carbocycles. The molecular formula is C9H9BrN4S. The molecule has 2 heterocycles. The minimum Gasteiger partial charge on any atom is -0.311 e. The molecule has 0 aliphatic heterocycles. The maximum Gasteiger partial charge on any atom is 0.197 e. The van der Waals surface area contributed by atoms with Crippen LogP contribution in [0.25, 0.3) is 0 Å². The zero-order valence-corrected chi connectivity index (χ0v) is 10.7. The highest BCUT2D eigenvalue weighted by Gasteiger charge is 2.05. The number of hydrogen-bond acceptors (Lipinski definition) is 4. The lowest BCUT2D eigenvalue weighted by atomic mass is 10.4. The van der Waals surface area contributed by atoms with Crippen molar-refractivity contribution in [3.63, 3.8) is 0 Å². The summed E-state index contributed by atoms with van der Waals surface area (Å²) in [6.07, 6.45) is 1.67. The third-order valence-electron chi connectivity index (χ3n) is 1.86. The van der Waals surface area contributed by atoms with Crippen molar-refractivity contribution in [2.24, 2.45) is 7.05 Å². The molecule has 0 spiro atoms. The average molecular weight is 285 g/mol. The molecule has 0 aliphatic rings. The number of pyridine rings is 1. The van der Waals surface area contributed by atoms with Crippen LogP contribution in [-0.2, 0) is 7.05 Å². The van der Waals surface area contributed by atoms with Crippen LogP contribution in [0.5, 0.6) is 0 Å². The van der Waals surface area contributed by atoms with E-state index in [1.165, 1.54) is 11.8 Å². The molecule has 6 heteroatoms. The summed E-state index contributed by atoms with van der Waals surface area (Å²) in [6.45, 7) is 1.96. The zero-order chi connectivity index (χ0) is 10.8. The maximum absolute atomic E-state index is 4.42. The Bertz CT molecular complexity index is 483. The van der Waals surface area contributed by atoms with E-state index < -0.39 is 0 Å². The van der Waals surface area contributed by atoms with Gasteiger partial charge in [0.15, 0.2) is 5.16 Å². The Morgan fingerprint density at radius 1 is 1.40 bits per heavy atom. The fraction of sp³-hybridized carbons (Fsp3) is 0.222. The molecule has 0 saturated heterocycles. The van der Waals surface area contributed by atoms with E-state index in [1.807, 2.05) is 30.7 Å². The van der Waals surface area contributed by atoms with Gasteiger partial charge in [-0.3, -0.25) is 0 Å². The predicted molar refractivity (Wildman–Crippen MR) is 61.8 cm³/mol. The molecule has 4 nitrogen and oxygen atoms in total. The number of aromatic nitrogens is 4. The largest absolute Gasteiger partial charge is 0.311 e. The Morgan fingerprint density at radius 2 is 2.20 bits per heavy atom. The summed E-state index contributed by atoms with van der Waals surface area (Å²) in [5.74, 6) is 0. The van der Waals surface area contributed by atoms with Gasteiger partial charge in [0.1, 0.15) is 11.4 Å². The normalized spacial score (nSPS) is 10.6. The van der Waals surface area contributed by atoms with Crippen molar-refractivity contribution >= 4 is 27.7 Å². The first-order valence-electron chi connectivity index (χ1n) is 4.32. The van der Waals surface area contributed by atoms with Gasteiger partial charge < -0.3 is 4.57 Å². The molecule has 0 unspecified atom stereocenters. The molecule has 2 aromatic rings. The van der Waals surface area contributed by atoms with Crippen LogP contribution in [-0.4, -0.2) is 19.7 Å². The van der Waals surface area contributed by atoms with E-state index in [1.54, 1.807) is 6.33 Å². The van der Waals surface area contributed by atoms with Crippen molar-refractivity contribution in [1.82, 2.24) is 19.7 Å². The Kier molecular flexibility index (Phi) is 3.06. The topological polar surface area (TPSA) is 43.6 Å². The lowest BCUT2D eigenvalue weighted by Crippen LogP contribution is -1.91. The third kappa shape index (κ3) is 2.38. The number of halogens is 1. The monoisotopic (exact) mass is 284 g/mol. The molecule has 2 rings (SSSR count). The molecule has 2 aromatic heterocycles. The molecule has 0 bridgehead atoms. The van der Waals surface area contributed by atoms with Gasteiger partial charge >= 0.3 is 0 Å². The van der Waals surface area contributed by atoms with Crippen LogP contribution in [0.3, 0.4) is 0 Å². The SMILES string of the molecule is Cc1nc(Sc2nncn2C)ccc1Br. The molecule has 15 heavy (non-hydrogen) atoms. The van der Waals surface area contributed by atoms with Crippen LogP contribution in [0.1, 0.15) is 5.69 Å². The summed E-state index contributed by atoms with van der Waals surface area (Å²) in [5, 5.41) is 9.56. The van der Waals surface area contributed by atoms with Gasteiger partial charge in [-0.1, -0.05) is 0 Å². The quantitative estimate of drug-likeness (QED) is 0.850. The summed E-state index contributed by atoms with van der Waals surface area (Å²) < 4.78 is 2.88. The molecule has 0 fully saturated rings. The van der Waals surface area contributed by atoms with Crippen LogP contribution in [0.15, 0.2) is 33.1 Å². The van der Waals surface area contributed by atoms with E-state index in [9.17, 15) is 0 Å². The molecule has 0 aliphatic carbocycles. The van der Waals surface area contributed by atoms with Gasteiger partial charge in [0.05, 0.1) is 5.69 Å². The van der Waals surface area contributed by atoms with Crippen LogP contribution in [0.4, 0.5) is 0 Å². The maximum atomic E-state index is 4.42. The van der Waals surface area contributed by atoms with Crippen molar-refractivity contribution in [2.45, 2.75) is 17.1 Å². The van der Waals surface area contributed by atoms with Crippen molar-refractivity contribution < 1.29 is 0 Å². The molecule has 0 saturated carbocycles. The van der Waals surface area contributed by atoms with Crippen molar-refractivity contribution in [2.75, 3.05) is 0 Å². The zero-order valence-electron chi connectivity index (χ0n) is 8.31. The van der Waals surface area contributed by atoms with E-state index in [0.29, 0.717) is 0 Å². The van der Waals surface area contributed by atoms with E-state index in [0.717, 1.165) is 20.3 Å². The Hall–Kier alpha value is -0.880.